The van der Waals surface area contributed by atoms with E-state index in [2.05, 4.69) is 22.9 Å². The number of nitrogens with zero attached hydrogens (tertiary/aromatic N) is 3. The first-order valence-electron chi connectivity index (χ1n) is 4.34. The summed E-state index contributed by atoms with van der Waals surface area (Å²) < 4.78 is 0. The molecule has 0 unspecified atom stereocenters. The molecule has 0 aliphatic carbocycles. The molecule has 0 aliphatic heterocycles. The summed E-state index contributed by atoms with van der Waals surface area (Å²) in [6, 6.07) is 2.59. The second kappa shape index (κ2) is 13.0. The summed E-state index contributed by atoms with van der Waals surface area (Å²) in [5.74, 6) is 0. The Morgan fingerprint density at radius 1 is 1.08 bits per heavy atom. The van der Waals surface area contributed by atoms with Crippen LogP contribution in [0.15, 0.2) is 9.98 Å². The zero-order valence-corrected chi connectivity index (χ0v) is 8.96. The fourth-order valence-corrected chi connectivity index (χ4v) is 0.283. The van der Waals surface area contributed by atoms with Crippen molar-refractivity contribution < 1.29 is 0 Å². The lowest BCUT2D eigenvalue weighted by molar-refractivity contribution is 0.505. The number of aliphatic imine (C=N–C) groups is 2. The molecular formula is C9H21N3. The number of rotatable bonds is 3. The molecule has 0 heterocycles. The number of hydrogen-bond acceptors (Lipinski definition) is 3. The highest BCUT2D eigenvalue weighted by Gasteiger charge is 1.66. The lowest BCUT2D eigenvalue weighted by Gasteiger charge is -1.90. The molecule has 0 aromatic carbocycles. The lowest BCUT2D eigenvalue weighted by Crippen LogP contribution is -1.99. The van der Waals surface area contributed by atoms with Crippen molar-refractivity contribution in [3.05, 3.63) is 0 Å². The molecule has 0 bridgehead atoms. The molecule has 0 radical (unpaired) electrons. The maximum absolute atomic E-state index is 3.86. The van der Waals surface area contributed by atoms with E-state index in [9.17, 15) is 0 Å². The summed E-state index contributed by atoms with van der Waals surface area (Å²) in [6.07, 6.45) is 1.08. The second-order valence-corrected chi connectivity index (χ2v) is 2.80. The smallest absolute Gasteiger partial charge is 0.0892 e. The van der Waals surface area contributed by atoms with Crippen molar-refractivity contribution in [2.75, 3.05) is 34.2 Å². The van der Waals surface area contributed by atoms with Crippen molar-refractivity contribution in [3.63, 3.8) is 0 Å². The Labute approximate surface area is 76.2 Å². The highest BCUT2D eigenvalue weighted by molar-refractivity contribution is 5.40. The van der Waals surface area contributed by atoms with Gasteiger partial charge in [-0.2, -0.15) is 0 Å². The van der Waals surface area contributed by atoms with Crippen LogP contribution >= 0.6 is 0 Å². The molecule has 0 rings (SSSR count). The predicted octanol–water partition coefficient (Wildman–Crippen LogP) is 1.77. The number of hydrogen-bond donors (Lipinski definition) is 0. The molecule has 0 aromatic rings. The summed E-state index contributed by atoms with van der Waals surface area (Å²) in [7, 11) is 6.00. The van der Waals surface area contributed by atoms with Crippen molar-refractivity contribution in [2.24, 2.45) is 9.98 Å². The third-order valence-electron chi connectivity index (χ3n) is 0.635. The van der Waals surface area contributed by atoms with E-state index in [1.54, 1.807) is 0 Å². The third-order valence-corrected chi connectivity index (χ3v) is 0.635. The predicted molar refractivity (Wildman–Crippen MR) is 55.2 cm³/mol. The normalized spacial score (nSPS) is 8.17. The Morgan fingerprint density at radius 3 is 1.92 bits per heavy atom. The van der Waals surface area contributed by atoms with Crippen LogP contribution in [-0.2, 0) is 0 Å². The quantitative estimate of drug-likeness (QED) is 0.595. The van der Waals surface area contributed by atoms with Crippen molar-refractivity contribution in [1.29, 1.82) is 0 Å². The standard InChI is InChI=1S/C6H12N2.C3H9N/c1-3-5-8-6-7-4-2;1-4(2)3/h3-5H2,1-2H3;1-3H3. The maximum atomic E-state index is 3.86. The van der Waals surface area contributed by atoms with Crippen molar-refractivity contribution in [3.8, 4) is 0 Å². The average molecular weight is 171 g/mol. The zero-order chi connectivity index (χ0) is 9.82. The molecular weight excluding hydrogens is 150 g/mol. The van der Waals surface area contributed by atoms with E-state index in [1.807, 2.05) is 33.0 Å². The molecule has 0 spiro atoms. The van der Waals surface area contributed by atoms with Gasteiger partial charge in [-0.05, 0) is 34.5 Å². The SMILES string of the molecule is CCCN=C=NCC.CN(C)C. The third kappa shape index (κ3) is 34.5. The van der Waals surface area contributed by atoms with Gasteiger partial charge < -0.3 is 4.90 Å². The Balaban J connectivity index is 0. The molecule has 0 saturated heterocycles. The topological polar surface area (TPSA) is 28.0 Å². The van der Waals surface area contributed by atoms with Crippen LogP contribution in [-0.4, -0.2) is 45.1 Å². The van der Waals surface area contributed by atoms with Gasteiger partial charge >= 0.3 is 0 Å². The first-order valence-corrected chi connectivity index (χ1v) is 4.34. The van der Waals surface area contributed by atoms with Crippen LogP contribution in [0.1, 0.15) is 20.3 Å². The van der Waals surface area contributed by atoms with Gasteiger partial charge in [-0.1, -0.05) is 6.92 Å². The zero-order valence-electron chi connectivity index (χ0n) is 8.96. The van der Waals surface area contributed by atoms with Crippen molar-refractivity contribution in [2.45, 2.75) is 20.3 Å². The molecule has 0 amide bonds. The van der Waals surface area contributed by atoms with E-state index in [0.717, 1.165) is 19.5 Å². The van der Waals surface area contributed by atoms with Crippen LogP contribution in [0.3, 0.4) is 0 Å². The summed E-state index contributed by atoms with van der Waals surface area (Å²) in [5.41, 5.74) is 0. The van der Waals surface area contributed by atoms with E-state index in [1.165, 1.54) is 0 Å². The molecule has 0 aliphatic rings. The van der Waals surface area contributed by atoms with Gasteiger partial charge in [-0.25, -0.2) is 9.98 Å². The minimum atomic E-state index is 0.785. The van der Waals surface area contributed by atoms with Gasteiger partial charge in [0.2, 0.25) is 0 Å². The summed E-state index contributed by atoms with van der Waals surface area (Å²) >= 11 is 0. The minimum Gasteiger partial charge on any atom is -0.312 e. The van der Waals surface area contributed by atoms with Crippen LogP contribution in [0, 0.1) is 0 Å². The van der Waals surface area contributed by atoms with Crippen LogP contribution < -0.4 is 0 Å². The Hall–Kier alpha value is -0.660. The van der Waals surface area contributed by atoms with E-state index >= 15 is 0 Å². The molecule has 0 fully saturated rings. The van der Waals surface area contributed by atoms with Gasteiger partial charge in [0.15, 0.2) is 0 Å². The van der Waals surface area contributed by atoms with E-state index < -0.39 is 0 Å². The molecule has 3 nitrogen and oxygen atoms in total. The Kier molecular flexibility index (Phi) is 15.0. The summed E-state index contributed by atoms with van der Waals surface area (Å²) in [4.78, 5) is 9.66. The Bertz CT molecular complexity index is 121. The fraction of sp³-hybridized carbons (Fsp3) is 0.889. The highest BCUT2D eigenvalue weighted by atomic mass is 15.0. The maximum Gasteiger partial charge on any atom is 0.0892 e. The lowest BCUT2D eigenvalue weighted by atomic mass is 10.5. The van der Waals surface area contributed by atoms with E-state index in [4.69, 9.17) is 0 Å². The summed E-state index contributed by atoms with van der Waals surface area (Å²) in [6.45, 7) is 5.68. The van der Waals surface area contributed by atoms with Crippen LogP contribution in [0.5, 0.6) is 0 Å². The molecule has 72 valence electrons. The summed E-state index contributed by atoms with van der Waals surface area (Å²) in [5, 5.41) is 0. The minimum absolute atomic E-state index is 0.785. The van der Waals surface area contributed by atoms with Crippen LogP contribution in [0.4, 0.5) is 0 Å². The van der Waals surface area contributed by atoms with E-state index in [0.29, 0.717) is 0 Å². The molecule has 0 saturated carbocycles. The highest BCUT2D eigenvalue weighted by Crippen LogP contribution is 1.72. The first kappa shape index (κ1) is 13.9. The fourth-order valence-electron chi connectivity index (χ4n) is 0.283. The monoisotopic (exact) mass is 171 g/mol. The van der Waals surface area contributed by atoms with Gasteiger partial charge in [0.05, 0.1) is 6.01 Å². The molecule has 0 aromatic heterocycles. The van der Waals surface area contributed by atoms with Crippen molar-refractivity contribution in [1.82, 2.24) is 4.90 Å². The molecule has 12 heavy (non-hydrogen) atoms. The van der Waals surface area contributed by atoms with E-state index in [-0.39, 0.29) is 0 Å². The molecule has 0 N–H and O–H groups in total. The molecule has 0 atom stereocenters. The Morgan fingerprint density at radius 2 is 1.58 bits per heavy atom. The van der Waals surface area contributed by atoms with Crippen LogP contribution in [0.25, 0.3) is 0 Å². The molecule has 3 heteroatoms. The van der Waals surface area contributed by atoms with Gasteiger partial charge in [0.1, 0.15) is 0 Å². The van der Waals surface area contributed by atoms with Gasteiger partial charge in [0.25, 0.3) is 0 Å². The first-order chi connectivity index (χ1) is 5.65. The van der Waals surface area contributed by atoms with Crippen molar-refractivity contribution >= 4 is 6.01 Å². The van der Waals surface area contributed by atoms with Gasteiger partial charge in [-0.15, -0.1) is 0 Å². The van der Waals surface area contributed by atoms with Crippen LogP contribution in [0.2, 0.25) is 0 Å². The largest absolute Gasteiger partial charge is 0.312 e. The van der Waals surface area contributed by atoms with Gasteiger partial charge in [-0.3, -0.25) is 0 Å². The second-order valence-electron chi connectivity index (χ2n) is 2.80. The van der Waals surface area contributed by atoms with Gasteiger partial charge in [0, 0.05) is 13.1 Å². The average Bonchev–Trinajstić information content (AvgIpc) is 1.97.